The summed E-state index contributed by atoms with van der Waals surface area (Å²) in [5, 5.41) is 0.623. The predicted octanol–water partition coefficient (Wildman–Crippen LogP) is 5.95. The summed E-state index contributed by atoms with van der Waals surface area (Å²) in [7, 11) is 1.62. The van der Waals surface area contributed by atoms with Crippen LogP contribution in [0.4, 0.5) is 5.69 Å². The van der Waals surface area contributed by atoms with Gasteiger partial charge < -0.3 is 20.1 Å². The van der Waals surface area contributed by atoms with E-state index in [0.29, 0.717) is 34.5 Å². The topological polar surface area (TPSA) is 64.8 Å². The average Bonchev–Trinajstić information content (AvgIpc) is 2.81. The number of carbonyl (C=O) groups is 1. The summed E-state index contributed by atoms with van der Waals surface area (Å²) in [6.45, 7) is 6.33. The SMILES string of the molecule is C=C(CSc1ccccc1N)N(Cc1ccc(OC)cc1)C(=O)COc1ccc(Cl)cc1C. The highest BCUT2D eigenvalue weighted by atomic mass is 35.5. The number of amides is 1. The number of benzene rings is 3. The molecule has 172 valence electrons. The summed E-state index contributed by atoms with van der Waals surface area (Å²) in [5.41, 5.74) is 9.25. The first-order chi connectivity index (χ1) is 15.9. The van der Waals surface area contributed by atoms with Crippen molar-refractivity contribution in [2.24, 2.45) is 0 Å². The van der Waals surface area contributed by atoms with Crippen LogP contribution in [0.1, 0.15) is 11.1 Å². The molecule has 0 aliphatic rings. The third-order valence-corrected chi connectivity index (χ3v) is 6.38. The largest absolute Gasteiger partial charge is 0.497 e. The van der Waals surface area contributed by atoms with Crippen molar-refractivity contribution in [2.45, 2.75) is 18.4 Å². The number of nitrogen functional groups attached to an aromatic ring is 1. The summed E-state index contributed by atoms with van der Waals surface area (Å²) in [6, 6.07) is 20.5. The summed E-state index contributed by atoms with van der Waals surface area (Å²) < 4.78 is 11.0. The van der Waals surface area contributed by atoms with Crippen LogP contribution in [0.2, 0.25) is 5.02 Å². The second-order valence-corrected chi connectivity index (χ2v) is 8.87. The zero-order valence-corrected chi connectivity index (χ0v) is 20.3. The molecule has 3 aromatic rings. The number of hydrogen-bond donors (Lipinski definition) is 1. The molecule has 5 nitrogen and oxygen atoms in total. The van der Waals surface area contributed by atoms with E-state index in [1.165, 1.54) is 0 Å². The molecule has 0 unspecified atom stereocenters. The van der Waals surface area contributed by atoms with Crippen LogP contribution < -0.4 is 15.2 Å². The van der Waals surface area contributed by atoms with Crippen LogP contribution in [-0.4, -0.2) is 30.3 Å². The first-order valence-corrected chi connectivity index (χ1v) is 11.7. The van der Waals surface area contributed by atoms with Crippen molar-refractivity contribution < 1.29 is 14.3 Å². The molecule has 3 rings (SSSR count). The van der Waals surface area contributed by atoms with Crippen LogP contribution in [0.5, 0.6) is 11.5 Å². The van der Waals surface area contributed by atoms with Gasteiger partial charge in [-0.25, -0.2) is 0 Å². The maximum Gasteiger partial charge on any atom is 0.264 e. The second kappa shape index (κ2) is 11.7. The van der Waals surface area contributed by atoms with Crippen molar-refractivity contribution in [2.75, 3.05) is 25.2 Å². The van der Waals surface area contributed by atoms with E-state index in [1.54, 1.807) is 42.0 Å². The van der Waals surface area contributed by atoms with Gasteiger partial charge >= 0.3 is 0 Å². The summed E-state index contributed by atoms with van der Waals surface area (Å²) in [4.78, 5) is 15.8. The molecule has 0 aliphatic carbocycles. The normalized spacial score (nSPS) is 10.5. The lowest BCUT2D eigenvalue weighted by molar-refractivity contribution is -0.131. The van der Waals surface area contributed by atoms with Crippen molar-refractivity contribution >= 4 is 35.0 Å². The number of methoxy groups -OCH3 is 1. The molecule has 1 amide bonds. The number of halogens is 1. The molecule has 2 N–H and O–H groups in total. The Hall–Kier alpha value is -3.09. The van der Waals surface area contributed by atoms with Crippen molar-refractivity contribution in [3.63, 3.8) is 0 Å². The maximum absolute atomic E-state index is 13.2. The lowest BCUT2D eigenvalue weighted by Gasteiger charge is -2.25. The van der Waals surface area contributed by atoms with Crippen LogP contribution in [0.15, 0.2) is 83.9 Å². The van der Waals surface area contributed by atoms with Crippen LogP contribution >= 0.6 is 23.4 Å². The minimum atomic E-state index is -0.188. The molecule has 7 heteroatoms. The molecular formula is C26H27ClN2O3S. The van der Waals surface area contributed by atoms with E-state index in [0.717, 1.165) is 21.8 Å². The standard InChI is InChI=1S/C26H27ClN2O3S/c1-18-14-21(27)10-13-24(18)32-16-26(30)29(15-20-8-11-22(31-3)12-9-20)19(2)17-33-25-7-5-4-6-23(25)28/h4-14H,2,15-17,28H2,1,3H3. The molecular weight excluding hydrogens is 456 g/mol. The van der Waals surface area contributed by atoms with Crippen LogP contribution in [-0.2, 0) is 11.3 Å². The van der Waals surface area contributed by atoms with E-state index < -0.39 is 0 Å². The van der Waals surface area contributed by atoms with Crippen molar-refractivity contribution in [1.29, 1.82) is 0 Å². The summed E-state index contributed by atoms with van der Waals surface area (Å²) >= 11 is 7.56. The van der Waals surface area contributed by atoms with Crippen LogP contribution in [0, 0.1) is 6.92 Å². The smallest absolute Gasteiger partial charge is 0.264 e. The minimum Gasteiger partial charge on any atom is -0.497 e. The van der Waals surface area contributed by atoms with Gasteiger partial charge in [0.05, 0.1) is 13.7 Å². The third-order valence-electron chi connectivity index (χ3n) is 4.98. The number of nitrogens with two attached hydrogens (primary N) is 1. The van der Waals surface area contributed by atoms with Gasteiger partial charge in [0.25, 0.3) is 5.91 Å². The molecule has 3 aromatic carbocycles. The number of anilines is 1. The van der Waals surface area contributed by atoms with Gasteiger partial charge in [-0.3, -0.25) is 4.79 Å². The van der Waals surface area contributed by atoms with Gasteiger partial charge in [-0.05, 0) is 60.5 Å². The zero-order chi connectivity index (χ0) is 23.8. The van der Waals surface area contributed by atoms with Gasteiger partial charge in [0.1, 0.15) is 11.5 Å². The molecule has 0 bridgehead atoms. The van der Waals surface area contributed by atoms with E-state index in [4.69, 9.17) is 26.8 Å². The number of rotatable bonds is 10. The molecule has 0 atom stereocenters. The van der Waals surface area contributed by atoms with Gasteiger partial charge in [-0.1, -0.05) is 42.4 Å². The molecule has 0 heterocycles. The number of carbonyl (C=O) groups excluding carboxylic acids is 1. The number of aryl methyl sites for hydroxylation is 1. The van der Waals surface area contributed by atoms with Crippen molar-refractivity contribution in [3.8, 4) is 11.5 Å². The predicted molar refractivity (Wildman–Crippen MR) is 136 cm³/mol. The van der Waals surface area contributed by atoms with Crippen LogP contribution in [0.25, 0.3) is 0 Å². The number of hydrogen-bond acceptors (Lipinski definition) is 5. The maximum atomic E-state index is 13.2. The fourth-order valence-electron chi connectivity index (χ4n) is 3.13. The first kappa shape index (κ1) is 24.6. The monoisotopic (exact) mass is 482 g/mol. The number of nitrogens with zero attached hydrogens (tertiary/aromatic N) is 1. The lowest BCUT2D eigenvalue weighted by Crippen LogP contribution is -2.34. The molecule has 0 aromatic heterocycles. The molecule has 0 fully saturated rings. The molecule has 0 saturated heterocycles. The molecule has 0 saturated carbocycles. The molecule has 33 heavy (non-hydrogen) atoms. The highest BCUT2D eigenvalue weighted by Crippen LogP contribution is 2.28. The van der Waals surface area contributed by atoms with Gasteiger partial charge in [-0.2, -0.15) is 0 Å². The molecule has 0 radical (unpaired) electrons. The number of para-hydroxylation sites is 1. The van der Waals surface area contributed by atoms with Gasteiger partial charge in [0.2, 0.25) is 0 Å². The fraction of sp³-hybridized carbons (Fsp3) is 0.192. The van der Waals surface area contributed by atoms with Crippen LogP contribution in [0.3, 0.4) is 0 Å². The van der Waals surface area contributed by atoms with E-state index in [-0.39, 0.29) is 12.5 Å². The van der Waals surface area contributed by atoms with Gasteiger partial charge in [-0.15, -0.1) is 11.8 Å². The Morgan fingerprint density at radius 1 is 1.12 bits per heavy atom. The fourth-order valence-corrected chi connectivity index (χ4v) is 4.25. The van der Waals surface area contributed by atoms with E-state index in [1.807, 2.05) is 55.5 Å². The quantitative estimate of drug-likeness (QED) is 0.285. The van der Waals surface area contributed by atoms with Gasteiger partial charge in [0.15, 0.2) is 6.61 Å². The Morgan fingerprint density at radius 3 is 2.52 bits per heavy atom. The average molecular weight is 483 g/mol. The Kier molecular flexibility index (Phi) is 8.69. The Bertz CT molecular complexity index is 1120. The number of thioether (sulfide) groups is 1. The highest BCUT2D eigenvalue weighted by molar-refractivity contribution is 7.99. The summed E-state index contributed by atoms with van der Waals surface area (Å²) in [5.74, 6) is 1.70. The van der Waals surface area contributed by atoms with Crippen molar-refractivity contribution in [1.82, 2.24) is 4.90 Å². The Morgan fingerprint density at radius 2 is 1.85 bits per heavy atom. The lowest BCUT2D eigenvalue weighted by atomic mass is 10.2. The zero-order valence-electron chi connectivity index (χ0n) is 18.7. The Labute approximate surface area is 204 Å². The molecule has 0 spiro atoms. The van der Waals surface area contributed by atoms with E-state index in [2.05, 4.69) is 6.58 Å². The van der Waals surface area contributed by atoms with Crippen molar-refractivity contribution in [3.05, 3.63) is 95.2 Å². The minimum absolute atomic E-state index is 0.115. The highest BCUT2D eigenvalue weighted by Gasteiger charge is 2.19. The molecule has 0 aliphatic heterocycles. The van der Waals surface area contributed by atoms with E-state index in [9.17, 15) is 4.79 Å². The van der Waals surface area contributed by atoms with Gasteiger partial charge in [0, 0.05) is 27.1 Å². The first-order valence-electron chi connectivity index (χ1n) is 10.3. The Balaban J connectivity index is 1.73. The summed E-state index contributed by atoms with van der Waals surface area (Å²) in [6.07, 6.45) is 0. The third kappa shape index (κ3) is 6.94. The number of ether oxygens (including phenoxy) is 2. The van der Waals surface area contributed by atoms with E-state index >= 15 is 0 Å². The second-order valence-electron chi connectivity index (χ2n) is 7.42.